The zero-order valence-electron chi connectivity index (χ0n) is 9.67. The molecule has 17 heavy (non-hydrogen) atoms. The van der Waals surface area contributed by atoms with Crippen molar-refractivity contribution in [3.05, 3.63) is 16.1 Å². The summed E-state index contributed by atoms with van der Waals surface area (Å²) >= 11 is 1.37. The van der Waals surface area contributed by atoms with Gasteiger partial charge in [-0.2, -0.15) is 13.2 Å². The van der Waals surface area contributed by atoms with E-state index in [1.807, 2.05) is 13.8 Å². The second kappa shape index (κ2) is 6.32. The van der Waals surface area contributed by atoms with E-state index in [0.29, 0.717) is 5.01 Å². The summed E-state index contributed by atoms with van der Waals surface area (Å²) in [6.07, 6.45) is -2.61. The Bertz CT molecular complexity index is 341. The Hall–Kier alpha value is -0.660. The molecule has 3 nitrogen and oxygen atoms in total. The Morgan fingerprint density at radius 3 is 2.82 bits per heavy atom. The molecule has 7 heteroatoms. The molecule has 98 valence electrons. The second-order valence-corrected chi connectivity index (χ2v) is 4.69. The third kappa shape index (κ3) is 5.47. The van der Waals surface area contributed by atoms with Crippen LogP contribution in [0.15, 0.2) is 6.20 Å². The van der Waals surface area contributed by atoms with E-state index in [1.54, 1.807) is 6.20 Å². The van der Waals surface area contributed by atoms with Gasteiger partial charge in [-0.15, -0.1) is 11.3 Å². The minimum absolute atomic E-state index is 0.0942. The van der Waals surface area contributed by atoms with Crippen molar-refractivity contribution in [3.63, 3.8) is 0 Å². The average molecular weight is 268 g/mol. The van der Waals surface area contributed by atoms with Gasteiger partial charge in [-0.05, 0) is 13.5 Å². The Morgan fingerprint density at radius 2 is 2.24 bits per heavy atom. The lowest BCUT2D eigenvalue weighted by molar-refractivity contribution is -0.176. The molecule has 1 unspecified atom stereocenters. The maximum atomic E-state index is 11.8. The van der Waals surface area contributed by atoms with Crippen LogP contribution in [0.3, 0.4) is 0 Å². The molecule has 1 atom stereocenters. The third-order valence-electron chi connectivity index (χ3n) is 2.00. The Labute approximate surface area is 102 Å². The van der Waals surface area contributed by atoms with Crippen LogP contribution in [0.25, 0.3) is 0 Å². The predicted octanol–water partition coefficient (Wildman–Crippen LogP) is 2.89. The first-order valence-electron chi connectivity index (χ1n) is 5.25. The van der Waals surface area contributed by atoms with E-state index in [9.17, 15) is 13.2 Å². The smallest absolute Gasteiger partial charge is 0.365 e. The van der Waals surface area contributed by atoms with Gasteiger partial charge in [-0.1, -0.05) is 6.92 Å². The van der Waals surface area contributed by atoms with Crippen LogP contribution < -0.4 is 5.32 Å². The normalized spacial score (nSPS) is 13.9. The summed E-state index contributed by atoms with van der Waals surface area (Å²) in [5.74, 6) is 0. The highest BCUT2D eigenvalue weighted by atomic mass is 32.1. The van der Waals surface area contributed by atoms with Crippen LogP contribution in [0.2, 0.25) is 0 Å². The number of hydrogen-bond donors (Lipinski definition) is 1. The molecule has 0 radical (unpaired) electrons. The molecule has 0 aliphatic carbocycles. The van der Waals surface area contributed by atoms with E-state index in [0.717, 1.165) is 11.4 Å². The first-order chi connectivity index (χ1) is 7.92. The fourth-order valence-electron chi connectivity index (χ4n) is 1.25. The number of nitrogens with zero attached hydrogens (tertiary/aromatic N) is 1. The van der Waals surface area contributed by atoms with Crippen molar-refractivity contribution in [2.45, 2.75) is 32.7 Å². The van der Waals surface area contributed by atoms with Crippen molar-refractivity contribution in [1.29, 1.82) is 0 Å². The summed E-state index contributed by atoms with van der Waals surface area (Å²) in [7, 11) is 0. The fraction of sp³-hybridized carbons (Fsp3) is 0.700. The summed E-state index contributed by atoms with van der Waals surface area (Å²) in [4.78, 5) is 5.02. The molecule has 0 saturated carbocycles. The van der Waals surface area contributed by atoms with Crippen LogP contribution in [-0.2, 0) is 11.3 Å². The summed E-state index contributed by atoms with van der Waals surface area (Å²) in [6.45, 7) is 3.48. The van der Waals surface area contributed by atoms with Gasteiger partial charge in [-0.3, -0.25) is 0 Å². The SMILES string of the molecule is CCNC(C)c1cnc(COCC(F)(F)F)s1. The molecule has 1 heterocycles. The van der Waals surface area contributed by atoms with E-state index in [2.05, 4.69) is 15.0 Å². The lowest BCUT2D eigenvalue weighted by atomic mass is 10.3. The maximum Gasteiger partial charge on any atom is 0.411 e. The van der Waals surface area contributed by atoms with Crippen molar-refractivity contribution in [1.82, 2.24) is 10.3 Å². The van der Waals surface area contributed by atoms with Crippen molar-refractivity contribution in [3.8, 4) is 0 Å². The van der Waals surface area contributed by atoms with Crippen molar-refractivity contribution in [2.24, 2.45) is 0 Å². The summed E-state index contributed by atoms with van der Waals surface area (Å²) in [6, 6.07) is 0.161. The number of thiazole rings is 1. The average Bonchev–Trinajstić information content (AvgIpc) is 2.65. The number of halogens is 3. The zero-order valence-corrected chi connectivity index (χ0v) is 10.5. The number of alkyl halides is 3. The highest BCUT2D eigenvalue weighted by Gasteiger charge is 2.27. The molecular formula is C10H15F3N2OS. The number of nitrogens with one attached hydrogen (secondary N) is 1. The van der Waals surface area contributed by atoms with E-state index >= 15 is 0 Å². The van der Waals surface area contributed by atoms with Gasteiger partial charge in [0, 0.05) is 17.1 Å². The number of hydrogen-bond acceptors (Lipinski definition) is 4. The van der Waals surface area contributed by atoms with Crippen LogP contribution in [0.4, 0.5) is 13.2 Å². The van der Waals surface area contributed by atoms with E-state index in [1.165, 1.54) is 11.3 Å². The topological polar surface area (TPSA) is 34.2 Å². The molecule has 1 N–H and O–H groups in total. The molecule has 0 aliphatic rings. The molecule has 0 spiro atoms. The minimum Gasteiger partial charge on any atom is -0.365 e. The van der Waals surface area contributed by atoms with Crippen LogP contribution in [0.1, 0.15) is 29.8 Å². The van der Waals surface area contributed by atoms with Gasteiger partial charge < -0.3 is 10.1 Å². The van der Waals surface area contributed by atoms with Gasteiger partial charge in [0.15, 0.2) is 0 Å². The minimum atomic E-state index is -4.28. The molecule has 1 aromatic rings. The molecule has 1 rings (SSSR count). The number of aromatic nitrogens is 1. The van der Waals surface area contributed by atoms with E-state index in [-0.39, 0.29) is 12.6 Å². The van der Waals surface area contributed by atoms with Crippen molar-refractivity contribution in [2.75, 3.05) is 13.2 Å². The van der Waals surface area contributed by atoms with Gasteiger partial charge in [-0.25, -0.2) is 4.98 Å². The molecule has 1 aromatic heterocycles. The van der Waals surface area contributed by atoms with Gasteiger partial charge >= 0.3 is 6.18 Å². The van der Waals surface area contributed by atoms with Gasteiger partial charge in [0.2, 0.25) is 0 Å². The second-order valence-electron chi connectivity index (χ2n) is 3.54. The molecule has 0 aliphatic heterocycles. The highest BCUT2D eigenvalue weighted by molar-refractivity contribution is 7.11. The monoisotopic (exact) mass is 268 g/mol. The van der Waals surface area contributed by atoms with Crippen molar-refractivity contribution < 1.29 is 17.9 Å². The molecule has 0 saturated heterocycles. The van der Waals surface area contributed by atoms with Crippen LogP contribution in [-0.4, -0.2) is 24.3 Å². The largest absolute Gasteiger partial charge is 0.411 e. The standard InChI is InChI=1S/C10H15F3N2OS/c1-3-14-7(2)8-4-15-9(17-8)5-16-6-10(11,12)13/h4,7,14H,3,5-6H2,1-2H3. The Balaban J connectivity index is 2.40. The van der Waals surface area contributed by atoms with Crippen molar-refractivity contribution >= 4 is 11.3 Å². The zero-order chi connectivity index (χ0) is 12.9. The summed E-state index contributed by atoms with van der Waals surface area (Å²) < 4.78 is 40.1. The predicted molar refractivity (Wildman–Crippen MR) is 59.9 cm³/mol. The Morgan fingerprint density at radius 1 is 1.53 bits per heavy atom. The van der Waals surface area contributed by atoms with Gasteiger partial charge in [0.25, 0.3) is 0 Å². The molecule has 0 fully saturated rings. The molecular weight excluding hydrogens is 253 g/mol. The molecule has 0 bridgehead atoms. The van der Waals surface area contributed by atoms with Crippen LogP contribution >= 0.6 is 11.3 Å². The number of ether oxygens (including phenoxy) is 1. The fourth-order valence-corrected chi connectivity index (χ4v) is 2.14. The molecule has 0 amide bonds. The Kier molecular flexibility index (Phi) is 5.35. The van der Waals surface area contributed by atoms with Crippen LogP contribution in [0, 0.1) is 0 Å². The summed E-state index contributed by atoms with van der Waals surface area (Å²) in [5.41, 5.74) is 0. The lowest BCUT2D eigenvalue weighted by Gasteiger charge is -2.08. The van der Waals surface area contributed by atoms with Crippen LogP contribution in [0.5, 0.6) is 0 Å². The first kappa shape index (κ1) is 14.4. The van der Waals surface area contributed by atoms with Gasteiger partial charge in [0.1, 0.15) is 11.6 Å². The molecule has 0 aromatic carbocycles. The quantitative estimate of drug-likeness (QED) is 0.861. The maximum absolute atomic E-state index is 11.8. The first-order valence-corrected chi connectivity index (χ1v) is 6.06. The lowest BCUT2D eigenvalue weighted by Crippen LogP contribution is -2.16. The third-order valence-corrected chi connectivity index (χ3v) is 3.15. The highest BCUT2D eigenvalue weighted by Crippen LogP contribution is 2.22. The van der Waals surface area contributed by atoms with Gasteiger partial charge in [0.05, 0.1) is 6.61 Å². The number of rotatable bonds is 6. The van der Waals surface area contributed by atoms with E-state index in [4.69, 9.17) is 0 Å². The summed E-state index contributed by atoms with van der Waals surface area (Å²) in [5, 5.41) is 3.77. The van der Waals surface area contributed by atoms with E-state index < -0.39 is 12.8 Å².